The van der Waals surface area contributed by atoms with Gasteiger partial charge in [-0.25, -0.2) is 0 Å². The molecule has 1 unspecified atom stereocenters. The molecule has 0 aliphatic rings. The van der Waals surface area contributed by atoms with E-state index < -0.39 is 0 Å². The highest BCUT2D eigenvalue weighted by Gasteiger charge is 2.15. The quantitative estimate of drug-likeness (QED) is 0.854. The first-order valence-electron chi connectivity index (χ1n) is 6.44. The summed E-state index contributed by atoms with van der Waals surface area (Å²) >= 11 is 7.29. The molecule has 3 N–H and O–H groups in total. The molecule has 0 saturated heterocycles. The second-order valence-electron chi connectivity index (χ2n) is 4.42. The average molecular weight is 319 g/mol. The Morgan fingerprint density at radius 1 is 1.38 bits per heavy atom. The van der Waals surface area contributed by atoms with Gasteiger partial charge in [0.25, 0.3) is 5.91 Å². The van der Waals surface area contributed by atoms with Gasteiger partial charge >= 0.3 is 0 Å². The number of halogens is 1. The number of thiophene rings is 1. The highest BCUT2D eigenvalue weighted by molar-refractivity contribution is 7.12. The first-order valence-corrected chi connectivity index (χ1v) is 7.70. The smallest absolute Gasteiger partial charge is 0.263 e. The molecule has 1 amide bonds. The van der Waals surface area contributed by atoms with Crippen LogP contribution in [0.25, 0.3) is 0 Å². The number of amides is 1. The number of carbonyl (C=O) groups excluding carboxylic acids is 1. The second kappa shape index (κ2) is 7.28. The molecule has 0 saturated carbocycles. The first kappa shape index (κ1) is 15.6. The molecule has 0 aliphatic carbocycles. The molecule has 2 rings (SSSR count). The largest absolute Gasteiger partial charge is 0.345 e. The second-order valence-corrected chi connectivity index (χ2v) is 5.74. The zero-order valence-electron chi connectivity index (χ0n) is 11.5. The Bertz CT molecular complexity index is 682. The van der Waals surface area contributed by atoms with Gasteiger partial charge in [0.15, 0.2) is 0 Å². The molecule has 1 aromatic heterocycles. The summed E-state index contributed by atoms with van der Waals surface area (Å²) in [5.41, 5.74) is 7.25. The van der Waals surface area contributed by atoms with Crippen LogP contribution >= 0.6 is 22.9 Å². The number of carbonyl (C=O) groups is 1. The summed E-state index contributed by atoms with van der Waals surface area (Å²) in [5.74, 6) is 5.61. The third-order valence-electron chi connectivity index (χ3n) is 2.92. The fraction of sp³-hybridized carbons (Fsp3) is 0.188. The van der Waals surface area contributed by atoms with Gasteiger partial charge in [0.2, 0.25) is 0 Å². The van der Waals surface area contributed by atoms with E-state index in [0.717, 1.165) is 11.1 Å². The molecule has 0 spiro atoms. The maximum atomic E-state index is 12.1. The fourth-order valence-corrected chi connectivity index (χ4v) is 2.85. The maximum absolute atomic E-state index is 12.1. The number of rotatable bonds is 3. The van der Waals surface area contributed by atoms with Crippen molar-refractivity contribution in [2.75, 3.05) is 6.54 Å². The van der Waals surface area contributed by atoms with Gasteiger partial charge < -0.3 is 11.1 Å². The van der Waals surface area contributed by atoms with Crippen molar-refractivity contribution >= 4 is 28.8 Å². The summed E-state index contributed by atoms with van der Waals surface area (Å²) in [6.45, 7) is 2.27. The van der Waals surface area contributed by atoms with Crippen LogP contribution in [0.2, 0.25) is 5.02 Å². The summed E-state index contributed by atoms with van der Waals surface area (Å²) < 4.78 is 0. The van der Waals surface area contributed by atoms with E-state index in [9.17, 15) is 4.79 Å². The number of nitrogens with one attached hydrogen (secondary N) is 1. The van der Waals surface area contributed by atoms with Crippen LogP contribution in [0.5, 0.6) is 0 Å². The molecule has 0 radical (unpaired) electrons. The molecule has 0 fully saturated rings. The fourth-order valence-electron chi connectivity index (χ4n) is 1.81. The van der Waals surface area contributed by atoms with Crippen LogP contribution in [-0.4, -0.2) is 12.5 Å². The van der Waals surface area contributed by atoms with Crippen molar-refractivity contribution in [3.63, 3.8) is 0 Å². The van der Waals surface area contributed by atoms with Gasteiger partial charge in [-0.3, -0.25) is 4.79 Å². The summed E-state index contributed by atoms with van der Waals surface area (Å²) in [5, 5.41) is 5.21. The lowest BCUT2D eigenvalue weighted by molar-refractivity contribution is 0.0944. The monoisotopic (exact) mass is 318 g/mol. The molecule has 5 heteroatoms. The minimum absolute atomic E-state index is 0.104. The van der Waals surface area contributed by atoms with E-state index in [0.29, 0.717) is 16.4 Å². The minimum Gasteiger partial charge on any atom is -0.345 e. The number of hydrogen-bond donors (Lipinski definition) is 2. The Hall–Kier alpha value is -1.80. The molecule has 0 bridgehead atoms. The summed E-state index contributed by atoms with van der Waals surface area (Å²) in [4.78, 5) is 12.6. The molecule has 108 valence electrons. The van der Waals surface area contributed by atoms with Gasteiger partial charge in [-0.2, -0.15) is 0 Å². The van der Waals surface area contributed by atoms with Crippen molar-refractivity contribution in [2.24, 2.45) is 5.73 Å². The lowest BCUT2D eigenvalue weighted by atomic mass is 10.1. The predicted molar refractivity (Wildman–Crippen MR) is 87.6 cm³/mol. The standard InChI is InChI=1S/C16H15ClN2OS/c1-11(19-16(20)15-14(17)8-10-21-15)13-6-4-12(5-7-13)3-2-9-18/h4-8,10-11H,9,18H2,1H3,(H,19,20). The van der Waals surface area contributed by atoms with E-state index in [1.165, 1.54) is 11.3 Å². The van der Waals surface area contributed by atoms with Gasteiger partial charge in [0.1, 0.15) is 4.88 Å². The zero-order chi connectivity index (χ0) is 15.2. The minimum atomic E-state index is -0.158. The Balaban J connectivity index is 2.05. The normalized spacial score (nSPS) is 11.4. The van der Waals surface area contributed by atoms with E-state index in [-0.39, 0.29) is 11.9 Å². The zero-order valence-corrected chi connectivity index (χ0v) is 13.1. The summed E-state index contributed by atoms with van der Waals surface area (Å²) in [6.07, 6.45) is 0. The van der Waals surface area contributed by atoms with E-state index in [4.69, 9.17) is 17.3 Å². The number of benzene rings is 1. The van der Waals surface area contributed by atoms with E-state index in [1.54, 1.807) is 11.4 Å². The van der Waals surface area contributed by atoms with Crippen LogP contribution < -0.4 is 11.1 Å². The van der Waals surface area contributed by atoms with Crippen molar-refractivity contribution in [1.82, 2.24) is 5.32 Å². The SMILES string of the molecule is CC(NC(=O)c1sccc1Cl)c1ccc(C#CCN)cc1. The predicted octanol–water partition coefficient (Wildman–Crippen LogP) is 3.20. The van der Waals surface area contributed by atoms with Crippen molar-refractivity contribution in [3.8, 4) is 11.8 Å². The molecular formula is C16H15ClN2OS. The highest BCUT2D eigenvalue weighted by Crippen LogP contribution is 2.23. The Morgan fingerprint density at radius 2 is 2.10 bits per heavy atom. The van der Waals surface area contributed by atoms with Gasteiger partial charge in [-0.1, -0.05) is 35.6 Å². The maximum Gasteiger partial charge on any atom is 0.263 e. The van der Waals surface area contributed by atoms with Gasteiger partial charge in [0.05, 0.1) is 17.6 Å². The molecule has 1 atom stereocenters. The van der Waals surface area contributed by atoms with Crippen molar-refractivity contribution in [1.29, 1.82) is 0 Å². The van der Waals surface area contributed by atoms with E-state index in [2.05, 4.69) is 17.2 Å². The molecule has 2 aromatic rings. The molecule has 0 aliphatic heterocycles. The third-order valence-corrected chi connectivity index (χ3v) is 4.26. The first-order chi connectivity index (χ1) is 10.1. The van der Waals surface area contributed by atoms with Crippen LogP contribution in [0.1, 0.15) is 33.8 Å². The molecule has 21 heavy (non-hydrogen) atoms. The molecule has 1 heterocycles. The lowest BCUT2D eigenvalue weighted by Gasteiger charge is -2.14. The Labute approximate surface area is 133 Å². The summed E-state index contributed by atoms with van der Waals surface area (Å²) in [7, 11) is 0. The Kier molecular flexibility index (Phi) is 5.40. The van der Waals surface area contributed by atoms with Gasteiger partial charge in [-0.05, 0) is 36.1 Å². The average Bonchev–Trinajstić information content (AvgIpc) is 2.91. The van der Waals surface area contributed by atoms with E-state index in [1.807, 2.05) is 31.2 Å². The van der Waals surface area contributed by atoms with Gasteiger partial charge in [0, 0.05) is 5.56 Å². The van der Waals surface area contributed by atoms with Crippen molar-refractivity contribution in [3.05, 3.63) is 56.7 Å². The van der Waals surface area contributed by atoms with Crippen LogP contribution in [0, 0.1) is 11.8 Å². The molecule has 3 nitrogen and oxygen atoms in total. The Morgan fingerprint density at radius 3 is 2.67 bits per heavy atom. The lowest BCUT2D eigenvalue weighted by Crippen LogP contribution is -2.26. The van der Waals surface area contributed by atoms with Crippen molar-refractivity contribution < 1.29 is 4.79 Å². The molecule has 1 aromatic carbocycles. The molecular weight excluding hydrogens is 304 g/mol. The van der Waals surface area contributed by atoms with Crippen LogP contribution in [-0.2, 0) is 0 Å². The number of hydrogen-bond acceptors (Lipinski definition) is 3. The van der Waals surface area contributed by atoms with E-state index >= 15 is 0 Å². The topological polar surface area (TPSA) is 55.1 Å². The highest BCUT2D eigenvalue weighted by atomic mass is 35.5. The van der Waals surface area contributed by atoms with Gasteiger partial charge in [-0.15, -0.1) is 11.3 Å². The van der Waals surface area contributed by atoms with Crippen LogP contribution in [0.15, 0.2) is 35.7 Å². The third kappa shape index (κ3) is 4.08. The van der Waals surface area contributed by atoms with Crippen LogP contribution in [0.4, 0.5) is 0 Å². The van der Waals surface area contributed by atoms with Crippen molar-refractivity contribution in [2.45, 2.75) is 13.0 Å². The summed E-state index contributed by atoms with van der Waals surface area (Å²) in [6, 6.07) is 9.34. The van der Waals surface area contributed by atoms with Crippen LogP contribution in [0.3, 0.4) is 0 Å². The number of nitrogens with two attached hydrogens (primary N) is 1.